The first-order valence-electron chi connectivity index (χ1n) is 11.3. The molecule has 0 spiro atoms. The first kappa shape index (κ1) is 22.1. The van der Waals surface area contributed by atoms with Gasteiger partial charge in [-0.25, -0.2) is 0 Å². The molecule has 1 aliphatic carbocycles. The summed E-state index contributed by atoms with van der Waals surface area (Å²) in [6, 6.07) is 10.4. The van der Waals surface area contributed by atoms with Crippen LogP contribution in [0.4, 0.5) is 5.82 Å². The molecule has 0 radical (unpaired) electrons. The summed E-state index contributed by atoms with van der Waals surface area (Å²) in [5.74, 6) is 4.59. The lowest BCUT2D eigenvalue weighted by atomic mass is 10.0. The van der Waals surface area contributed by atoms with Crippen LogP contribution in [0.25, 0.3) is 11.3 Å². The maximum absolute atomic E-state index is 9.00. The van der Waals surface area contributed by atoms with E-state index in [0.717, 1.165) is 61.4 Å². The summed E-state index contributed by atoms with van der Waals surface area (Å²) >= 11 is 0. The molecule has 0 unspecified atom stereocenters. The van der Waals surface area contributed by atoms with Crippen molar-refractivity contribution in [3.63, 3.8) is 0 Å². The molecular formula is C25H29N5O2. The van der Waals surface area contributed by atoms with Gasteiger partial charge in [0.05, 0.1) is 12.6 Å². The van der Waals surface area contributed by atoms with Gasteiger partial charge in [-0.3, -0.25) is 4.90 Å². The van der Waals surface area contributed by atoms with Crippen molar-refractivity contribution in [3.8, 4) is 35.4 Å². The van der Waals surface area contributed by atoms with Crippen LogP contribution in [-0.4, -0.2) is 54.2 Å². The van der Waals surface area contributed by atoms with E-state index in [1.807, 2.05) is 25.1 Å². The molecule has 2 fully saturated rings. The van der Waals surface area contributed by atoms with Crippen LogP contribution >= 0.6 is 0 Å². The molecular weight excluding hydrogens is 402 g/mol. The van der Waals surface area contributed by atoms with Crippen molar-refractivity contribution in [2.75, 3.05) is 38.4 Å². The number of hydrogen-bond acceptors (Lipinski definition) is 7. The Balaban J connectivity index is 1.59. The van der Waals surface area contributed by atoms with Crippen molar-refractivity contribution in [2.24, 2.45) is 0 Å². The third-order valence-electron chi connectivity index (χ3n) is 5.90. The molecule has 1 aromatic carbocycles. The molecule has 0 amide bonds. The number of anilines is 1. The van der Waals surface area contributed by atoms with Gasteiger partial charge in [0.15, 0.2) is 6.79 Å². The van der Waals surface area contributed by atoms with E-state index in [2.05, 4.69) is 38.5 Å². The molecule has 166 valence electrons. The summed E-state index contributed by atoms with van der Waals surface area (Å²) in [5.41, 5.74) is 3.64. The van der Waals surface area contributed by atoms with Crippen LogP contribution in [0.5, 0.6) is 5.75 Å². The summed E-state index contributed by atoms with van der Waals surface area (Å²) in [7, 11) is 0. The Morgan fingerprint density at radius 1 is 1.25 bits per heavy atom. The van der Waals surface area contributed by atoms with Crippen molar-refractivity contribution in [2.45, 2.75) is 44.6 Å². The minimum atomic E-state index is 0.157. The van der Waals surface area contributed by atoms with E-state index in [4.69, 9.17) is 21.2 Å². The Hall–Kier alpha value is -3.13. The SMILES string of the molecule is C#Cc1ccc(-c2nnc(N[C@@H]3CCCN(CC#N)C3)cc2C2CC2)c(OCOCC)c1. The molecule has 2 aromatic rings. The number of piperidine rings is 1. The fourth-order valence-electron chi connectivity index (χ4n) is 4.13. The van der Waals surface area contributed by atoms with Crippen molar-refractivity contribution >= 4 is 5.82 Å². The molecule has 1 N–H and O–H groups in total. The third-order valence-corrected chi connectivity index (χ3v) is 5.90. The smallest absolute Gasteiger partial charge is 0.189 e. The molecule has 1 atom stereocenters. The summed E-state index contributed by atoms with van der Waals surface area (Å²) in [6.45, 7) is 4.94. The lowest BCUT2D eigenvalue weighted by Gasteiger charge is -2.31. The summed E-state index contributed by atoms with van der Waals surface area (Å²) in [6.07, 6.45) is 10.0. The highest BCUT2D eigenvalue weighted by molar-refractivity contribution is 5.73. The normalized spacial score (nSPS) is 18.5. The van der Waals surface area contributed by atoms with Gasteiger partial charge < -0.3 is 14.8 Å². The lowest BCUT2D eigenvalue weighted by Crippen LogP contribution is -2.42. The number of benzene rings is 1. The van der Waals surface area contributed by atoms with Crippen LogP contribution in [0.15, 0.2) is 24.3 Å². The fraction of sp³-hybridized carbons (Fsp3) is 0.480. The fourth-order valence-corrected chi connectivity index (χ4v) is 4.13. The van der Waals surface area contributed by atoms with Gasteiger partial charge in [-0.15, -0.1) is 16.6 Å². The highest BCUT2D eigenvalue weighted by Crippen LogP contribution is 2.45. The van der Waals surface area contributed by atoms with Crippen LogP contribution in [-0.2, 0) is 4.74 Å². The van der Waals surface area contributed by atoms with E-state index in [1.165, 1.54) is 5.56 Å². The van der Waals surface area contributed by atoms with Crippen LogP contribution in [0.2, 0.25) is 0 Å². The molecule has 4 rings (SSSR count). The highest BCUT2D eigenvalue weighted by Gasteiger charge is 2.30. The largest absolute Gasteiger partial charge is 0.467 e. The van der Waals surface area contributed by atoms with Crippen molar-refractivity contribution in [1.82, 2.24) is 15.1 Å². The zero-order chi connectivity index (χ0) is 22.3. The third kappa shape index (κ3) is 5.37. The molecule has 0 bridgehead atoms. The van der Waals surface area contributed by atoms with E-state index < -0.39 is 0 Å². The lowest BCUT2D eigenvalue weighted by molar-refractivity contribution is 0.0227. The van der Waals surface area contributed by atoms with E-state index in [0.29, 0.717) is 24.8 Å². The number of nitrogens with one attached hydrogen (secondary N) is 1. The maximum atomic E-state index is 9.00. The highest BCUT2D eigenvalue weighted by atomic mass is 16.7. The summed E-state index contributed by atoms with van der Waals surface area (Å²) in [5, 5.41) is 21.7. The standard InChI is InChI=1S/C25H29N5O2/c1-3-18-7-10-21(23(14-18)32-17-31-4-2)25-22(19-8-9-19)15-24(28-29-25)27-20-6-5-12-30(16-20)13-11-26/h1,7,10,14-15,19-20H,4-6,8-9,12-13,16-17H2,2H3,(H,27,28)/t20-/m1/s1. The Labute approximate surface area is 189 Å². The van der Waals surface area contributed by atoms with Gasteiger partial charge in [0, 0.05) is 30.3 Å². The minimum absolute atomic E-state index is 0.157. The van der Waals surface area contributed by atoms with Gasteiger partial charge in [0.1, 0.15) is 17.3 Å². The number of likely N-dealkylation sites (tertiary alicyclic amines) is 1. The van der Waals surface area contributed by atoms with Gasteiger partial charge in [-0.2, -0.15) is 5.26 Å². The molecule has 1 aliphatic heterocycles. The van der Waals surface area contributed by atoms with Crippen LogP contribution in [0, 0.1) is 23.7 Å². The van der Waals surface area contributed by atoms with Crippen molar-refractivity contribution < 1.29 is 9.47 Å². The number of nitriles is 1. The Bertz CT molecular complexity index is 1020. The quantitative estimate of drug-likeness (QED) is 0.280. The van der Waals surface area contributed by atoms with E-state index in [9.17, 15) is 0 Å². The molecule has 7 nitrogen and oxygen atoms in total. The maximum Gasteiger partial charge on any atom is 0.189 e. The number of nitrogens with zero attached hydrogens (tertiary/aromatic N) is 4. The second-order valence-electron chi connectivity index (χ2n) is 8.29. The molecule has 7 heteroatoms. The van der Waals surface area contributed by atoms with E-state index in [1.54, 1.807) is 0 Å². The van der Waals surface area contributed by atoms with Crippen LogP contribution < -0.4 is 10.1 Å². The van der Waals surface area contributed by atoms with Crippen molar-refractivity contribution in [3.05, 3.63) is 35.4 Å². The Morgan fingerprint density at radius 2 is 2.12 bits per heavy atom. The summed E-state index contributed by atoms with van der Waals surface area (Å²) < 4.78 is 11.3. The van der Waals surface area contributed by atoms with Gasteiger partial charge in [-0.1, -0.05) is 5.92 Å². The summed E-state index contributed by atoms with van der Waals surface area (Å²) in [4.78, 5) is 2.18. The first-order chi connectivity index (χ1) is 15.7. The minimum Gasteiger partial charge on any atom is -0.467 e. The predicted molar refractivity (Wildman–Crippen MR) is 123 cm³/mol. The van der Waals surface area contributed by atoms with Gasteiger partial charge in [0.2, 0.25) is 0 Å². The zero-order valence-corrected chi connectivity index (χ0v) is 18.5. The topological polar surface area (TPSA) is 83.3 Å². The van der Waals surface area contributed by atoms with E-state index in [-0.39, 0.29) is 12.8 Å². The zero-order valence-electron chi connectivity index (χ0n) is 18.5. The molecule has 2 aliphatic rings. The predicted octanol–water partition coefficient (Wildman–Crippen LogP) is 3.77. The number of ether oxygens (including phenoxy) is 2. The van der Waals surface area contributed by atoms with Crippen LogP contribution in [0.3, 0.4) is 0 Å². The number of rotatable bonds is 9. The van der Waals surface area contributed by atoms with Gasteiger partial charge in [0.25, 0.3) is 0 Å². The molecule has 1 aromatic heterocycles. The second-order valence-corrected chi connectivity index (χ2v) is 8.29. The average molecular weight is 432 g/mol. The van der Waals surface area contributed by atoms with Crippen LogP contribution in [0.1, 0.15) is 49.7 Å². The molecule has 32 heavy (non-hydrogen) atoms. The number of terminal acetylenes is 1. The second kappa shape index (κ2) is 10.5. The molecule has 2 heterocycles. The Kier molecular flexibility index (Phi) is 7.21. The van der Waals surface area contributed by atoms with Gasteiger partial charge >= 0.3 is 0 Å². The molecule has 1 saturated carbocycles. The van der Waals surface area contributed by atoms with Crippen molar-refractivity contribution in [1.29, 1.82) is 5.26 Å². The van der Waals surface area contributed by atoms with E-state index >= 15 is 0 Å². The monoisotopic (exact) mass is 431 g/mol. The Morgan fingerprint density at radius 3 is 2.88 bits per heavy atom. The average Bonchev–Trinajstić information content (AvgIpc) is 3.65. The first-order valence-corrected chi connectivity index (χ1v) is 11.3. The molecule has 1 saturated heterocycles. The number of aromatic nitrogens is 2. The number of hydrogen-bond donors (Lipinski definition) is 1. The van der Waals surface area contributed by atoms with Gasteiger partial charge in [-0.05, 0) is 74.9 Å².